The average Bonchev–Trinajstić information content (AvgIpc) is 2.48. The van der Waals surface area contributed by atoms with Gasteiger partial charge in [0.2, 0.25) is 5.91 Å². The summed E-state index contributed by atoms with van der Waals surface area (Å²) in [4.78, 5) is 25.0. The summed E-state index contributed by atoms with van der Waals surface area (Å²) >= 11 is 0. The second-order valence-corrected chi connectivity index (χ2v) is 5.40. The molecule has 1 aromatic rings. The second kappa shape index (κ2) is 7.22. The van der Waals surface area contributed by atoms with Gasteiger partial charge in [-0.1, -0.05) is 18.2 Å². The predicted molar refractivity (Wildman–Crippen MR) is 78.3 cm³/mol. The summed E-state index contributed by atoms with van der Waals surface area (Å²) < 4.78 is 5.62. The number of carbonyl (C=O) groups is 2. The Kier molecular flexibility index (Phi) is 5.33. The molecule has 1 N–H and O–H groups in total. The smallest absolute Gasteiger partial charge is 0.335 e. The highest BCUT2D eigenvalue weighted by Gasteiger charge is 2.20. The van der Waals surface area contributed by atoms with Crippen LogP contribution in [0.4, 0.5) is 0 Å². The number of likely N-dealkylation sites (N-methyl/N-ethyl adjacent to an activating group) is 1. The number of benzene rings is 1. The van der Waals surface area contributed by atoms with Crippen LogP contribution in [0.5, 0.6) is 0 Å². The van der Waals surface area contributed by atoms with Gasteiger partial charge in [-0.3, -0.25) is 4.79 Å². The molecular formula is C16H21NO4. The van der Waals surface area contributed by atoms with Gasteiger partial charge < -0.3 is 14.7 Å². The molecule has 21 heavy (non-hydrogen) atoms. The number of nitrogens with zero attached hydrogens (tertiary/aromatic N) is 1. The van der Waals surface area contributed by atoms with E-state index in [1.165, 1.54) is 6.07 Å². The number of rotatable bonds is 5. The van der Waals surface area contributed by atoms with Crippen LogP contribution in [0.25, 0.3) is 0 Å². The highest BCUT2D eigenvalue weighted by molar-refractivity contribution is 5.91. The number of carboxylic acid groups (broad SMARTS) is 1. The molecule has 0 saturated carbocycles. The van der Waals surface area contributed by atoms with Crippen molar-refractivity contribution in [1.82, 2.24) is 4.90 Å². The number of carbonyl (C=O) groups excluding carboxylic acids is 1. The van der Waals surface area contributed by atoms with Crippen LogP contribution in [-0.2, 0) is 16.0 Å². The molecule has 1 unspecified atom stereocenters. The van der Waals surface area contributed by atoms with Gasteiger partial charge in [0, 0.05) is 20.2 Å². The summed E-state index contributed by atoms with van der Waals surface area (Å²) in [6.45, 7) is 1.32. The molecule has 0 bridgehead atoms. The zero-order valence-corrected chi connectivity index (χ0v) is 12.2. The summed E-state index contributed by atoms with van der Waals surface area (Å²) in [6.07, 6.45) is 3.39. The van der Waals surface area contributed by atoms with E-state index < -0.39 is 5.97 Å². The molecule has 114 valence electrons. The summed E-state index contributed by atoms with van der Waals surface area (Å²) in [5, 5.41) is 9.13. The first kappa shape index (κ1) is 15.5. The van der Waals surface area contributed by atoms with Crippen molar-refractivity contribution in [1.29, 1.82) is 0 Å². The number of carboxylic acids is 1. The van der Waals surface area contributed by atoms with Gasteiger partial charge >= 0.3 is 5.97 Å². The van der Waals surface area contributed by atoms with Crippen molar-refractivity contribution in [3.8, 4) is 0 Å². The van der Waals surface area contributed by atoms with Gasteiger partial charge in [0.15, 0.2) is 0 Å². The molecule has 1 saturated heterocycles. The van der Waals surface area contributed by atoms with Gasteiger partial charge in [0.05, 0.1) is 18.1 Å². The first-order valence-corrected chi connectivity index (χ1v) is 7.24. The molecule has 0 spiro atoms. The summed E-state index contributed by atoms with van der Waals surface area (Å²) in [5.41, 5.74) is 0.736. The molecule has 0 radical (unpaired) electrons. The first-order chi connectivity index (χ1) is 10.1. The molecule has 5 heteroatoms. The predicted octanol–water partition coefficient (Wildman–Crippen LogP) is 1.95. The van der Waals surface area contributed by atoms with Crippen molar-refractivity contribution in [2.75, 3.05) is 20.2 Å². The number of hydrogen-bond acceptors (Lipinski definition) is 3. The van der Waals surface area contributed by atoms with E-state index in [-0.39, 0.29) is 24.0 Å². The highest BCUT2D eigenvalue weighted by Crippen LogP contribution is 2.15. The first-order valence-electron chi connectivity index (χ1n) is 7.24. The normalized spacial score (nSPS) is 18.2. The van der Waals surface area contributed by atoms with E-state index in [4.69, 9.17) is 9.84 Å². The van der Waals surface area contributed by atoms with Crippen LogP contribution >= 0.6 is 0 Å². The third-order valence-corrected chi connectivity index (χ3v) is 3.77. The molecule has 1 aliphatic heterocycles. The zero-order chi connectivity index (χ0) is 15.2. The topological polar surface area (TPSA) is 66.8 Å². The largest absolute Gasteiger partial charge is 0.478 e. The van der Waals surface area contributed by atoms with Crippen molar-refractivity contribution >= 4 is 11.9 Å². The van der Waals surface area contributed by atoms with E-state index in [1.54, 1.807) is 30.1 Å². The third kappa shape index (κ3) is 4.29. The van der Waals surface area contributed by atoms with Crippen LogP contribution in [0.1, 0.15) is 35.2 Å². The average molecular weight is 291 g/mol. The Bertz CT molecular complexity index is 509. The molecule has 2 rings (SSSR count). The Labute approximate surface area is 124 Å². The van der Waals surface area contributed by atoms with Gasteiger partial charge in [0.1, 0.15) is 0 Å². The van der Waals surface area contributed by atoms with Crippen LogP contribution in [-0.4, -0.2) is 48.2 Å². The Morgan fingerprint density at radius 1 is 1.33 bits per heavy atom. The maximum Gasteiger partial charge on any atom is 0.335 e. The second-order valence-electron chi connectivity index (χ2n) is 5.40. The molecule has 5 nitrogen and oxygen atoms in total. The van der Waals surface area contributed by atoms with Crippen LogP contribution in [0.2, 0.25) is 0 Å². The Morgan fingerprint density at radius 2 is 2.10 bits per heavy atom. The molecule has 1 atom stereocenters. The van der Waals surface area contributed by atoms with Crippen molar-refractivity contribution in [3.63, 3.8) is 0 Å². The lowest BCUT2D eigenvalue weighted by Crippen LogP contribution is -2.38. The number of aromatic carboxylic acids is 1. The van der Waals surface area contributed by atoms with Crippen LogP contribution in [0, 0.1) is 0 Å². The van der Waals surface area contributed by atoms with Gasteiger partial charge in [-0.25, -0.2) is 4.79 Å². The summed E-state index contributed by atoms with van der Waals surface area (Å²) in [5.74, 6) is -1.09. The fraction of sp³-hybridized carbons (Fsp3) is 0.500. The minimum Gasteiger partial charge on any atom is -0.478 e. The zero-order valence-electron chi connectivity index (χ0n) is 12.2. The molecule has 1 fully saturated rings. The van der Waals surface area contributed by atoms with E-state index >= 15 is 0 Å². The Morgan fingerprint density at radius 3 is 2.76 bits per heavy atom. The van der Waals surface area contributed by atoms with Crippen LogP contribution < -0.4 is 0 Å². The van der Waals surface area contributed by atoms with Crippen molar-refractivity contribution in [2.45, 2.75) is 31.8 Å². The van der Waals surface area contributed by atoms with Crippen molar-refractivity contribution < 1.29 is 19.4 Å². The standard InChI is InChI=1S/C16H21NO4/c1-17(11-13-7-4-5-9-21-13)15(18)10-12-6-2-3-8-14(12)16(19)20/h2-3,6,8,13H,4-5,7,9-11H2,1H3,(H,19,20). The highest BCUT2D eigenvalue weighted by atomic mass is 16.5. The van der Waals surface area contributed by atoms with E-state index in [9.17, 15) is 9.59 Å². The maximum absolute atomic E-state index is 12.2. The van der Waals surface area contributed by atoms with Gasteiger partial charge in [-0.15, -0.1) is 0 Å². The minimum atomic E-state index is -1.00. The van der Waals surface area contributed by atoms with E-state index in [2.05, 4.69) is 0 Å². The van der Waals surface area contributed by atoms with Gasteiger partial charge in [-0.2, -0.15) is 0 Å². The quantitative estimate of drug-likeness (QED) is 0.900. The maximum atomic E-state index is 12.2. The minimum absolute atomic E-state index is 0.0853. The fourth-order valence-corrected chi connectivity index (χ4v) is 2.54. The summed E-state index contributed by atoms with van der Waals surface area (Å²) in [7, 11) is 1.74. The van der Waals surface area contributed by atoms with Crippen LogP contribution in [0.3, 0.4) is 0 Å². The van der Waals surface area contributed by atoms with Crippen LogP contribution in [0.15, 0.2) is 24.3 Å². The third-order valence-electron chi connectivity index (χ3n) is 3.77. The lowest BCUT2D eigenvalue weighted by molar-refractivity contribution is -0.131. The van der Waals surface area contributed by atoms with Crippen molar-refractivity contribution in [3.05, 3.63) is 35.4 Å². The molecule has 0 aliphatic carbocycles. The van der Waals surface area contributed by atoms with E-state index in [1.807, 2.05) is 0 Å². The Balaban J connectivity index is 1.95. The van der Waals surface area contributed by atoms with E-state index in [0.717, 1.165) is 25.9 Å². The molecule has 1 aromatic carbocycles. The van der Waals surface area contributed by atoms with Gasteiger partial charge in [0.25, 0.3) is 0 Å². The molecule has 1 amide bonds. The SMILES string of the molecule is CN(CC1CCCCO1)C(=O)Cc1ccccc1C(=O)O. The number of amides is 1. The summed E-state index contributed by atoms with van der Waals surface area (Å²) in [6, 6.07) is 6.62. The number of hydrogen-bond donors (Lipinski definition) is 1. The molecule has 1 heterocycles. The Hall–Kier alpha value is -1.88. The number of ether oxygens (including phenoxy) is 1. The van der Waals surface area contributed by atoms with Gasteiger partial charge in [-0.05, 0) is 30.9 Å². The van der Waals surface area contributed by atoms with Crippen molar-refractivity contribution in [2.24, 2.45) is 0 Å². The fourth-order valence-electron chi connectivity index (χ4n) is 2.54. The molecule has 0 aromatic heterocycles. The lowest BCUT2D eigenvalue weighted by atomic mass is 10.0. The molecular weight excluding hydrogens is 270 g/mol. The van der Waals surface area contributed by atoms with E-state index in [0.29, 0.717) is 12.1 Å². The monoisotopic (exact) mass is 291 g/mol. The lowest BCUT2D eigenvalue weighted by Gasteiger charge is -2.27. The molecule has 1 aliphatic rings.